The number of ketones is 2. The van der Waals surface area contributed by atoms with Crippen molar-refractivity contribution in [2.45, 2.75) is 44.8 Å². The van der Waals surface area contributed by atoms with Crippen LogP contribution < -0.4 is 0 Å². The average Bonchev–Trinajstić information content (AvgIpc) is 3.18. The Bertz CT molecular complexity index is 898. The summed E-state index contributed by atoms with van der Waals surface area (Å²) in [4.78, 5) is 29.9. The van der Waals surface area contributed by atoms with Gasteiger partial charge in [0.25, 0.3) is 0 Å². The lowest BCUT2D eigenvalue weighted by Crippen LogP contribution is -2.14. The van der Waals surface area contributed by atoms with Gasteiger partial charge < -0.3 is 9.84 Å². The summed E-state index contributed by atoms with van der Waals surface area (Å²) in [5.41, 5.74) is 2.34. The molecule has 0 saturated heterocycles. The number of benzene rings is 1. The summed E-state index contributed by atoms with van der Waals surface area (Å²) in [6.45, 7) is 1.79. The number of hydrogen-bond acceptors (Lipinski definition) is 5. The lowest BCUT2D eigenvalue weighted by Gasteiger charge is -2.17. The highest BCUT2D eigenvalue weighted by atomic mass is 16.5. The van der Waals surface area contributed by atoms with Crippen LogP contribution in [0.5, 0.6) is 0 Å². The summed E-state index contributed by atoms with van der Waals surface area (Å²) in [5, 5.41) is 9.71. The van der Waals surface area contributed by atoms with E-state index in [0.29, 0.717) is 47.5 Å². The summed E-state index contributed by atoms with van der Waals surface area (Å²) in [5.74, 6) is 1.26. The molecule has 0 spiro atoms. The summed E-state index contributed by atoms with van der Waals surface area (Å²) in [6.07, 6.45) is 1.77. The molecule has 0 aliphatic heterocycles. The molecule has 152 valence electrons. The fraction of sp³-hybridized carbons (Fsp3) is 0.458. The topological polar surface area (TPSA) is 76.5 Å². The smallest absolute Gasteiger partial charge is 0.180 e. The number of nitrogens with zero attached hydrogens (tertiary/aromatic N) is 1. The molecule has 0 amide bonds. The molecule has 2 unspecified atom stereocenters. The predicted molar refractivity (Wildman–Crippen MR) is 109 cm³/mol. The van der Waals surface area contributed by atoms with Crippen molar-refractivity contribution in [2.24, 2.45) is 17.8 Å². The van der Waals surface area contributed by atoms with E-state index < -0.39 is 6.10 Å². The normalized spacial score (nSPS) is 26.0. The molecule has 2 aromatic rings. The molecule has 5 heteroatoms. The maximum absolute atomic E-state index is 13.0. The van der Waals surface area contributed by atoms with Gasteiger partial charge >= 0.3 is 0 Å². The number of fused-ring (bicyclic) bond motifs is 1. The van der Waals surface area contributed by atoms with Crippen LogP contribution in [0.15, 0.2) is 42.5 Å². The maximum Gasteiger partial charge on any atom is 0.180 e. The van der Waals surface area contributed by atoms with E-state index in [1.165, 1.54) is 0 Å². The molecule has 4 rings (SSSR count). The van der Waals surface area contributed by atoms with E-state index in [9.17, 15) is 14.7 Å². The third-order valence-corrected chi connectivity index (χ3v) is 6.40. The first-order valence-corrected chi connectivity index (χ1v) is 10.4. The SMILES string of the molecule is CCC(=O)c1cc(C(=O)CC2[C@H]3CC(O)C[C@@H]23)cc([C@H](OC)c2ccccc2)n1. The van der Waals surface area contributed by atoms with Gasteiger partial charge in [-0.15, -0.1) is 0 Å². The molecule has 1 heterocycles. The Morgan fingerprint density at radius 1 is 1.14 bits per heavy atom. The molecular formula is C24H27NO4. The number of aromatic nitrogens is 1. The average molecular weight is 393 g/mol. The van der Waals surface area contributed by atoms with Crippen LogP contribution >= 0.6 is 0 Å². The largest absolute Gasteiger partial charge is 0.393 e. The van der Waals surface area contributed by atoms with Crippen molar-refractivity contribution in [3.63, 3.8) is 0 Å². The fourth-order valence-electron chi connectivity index (χ4n) is 4.81. The number of rotatable bonds is 8. The number of pyridine rings is 1. The van der Waals surface area contributed by atoms with Gasteiger partial charge in [-0.05, 0) is 48.3 Å². The van der Waals surface area contributed by atoms with Gasteiger partial charge in [-0.3, -0.25) is 9.59 Å². The van der Waals surface area contributed by atoms with E-state index in [1.807, 2.05) is 30.3 Å². The van der Waals surface area contributed by atoms with E-state index in [-0.39, 0.29) is 17.7 Å². The van der Waals surface area contributed by atoms with Gasteiger partial charge in [0.2, 0.25) is 0 Å². The predicted octanol–water partition coefficient (Wildman–Crippen LogP) is 4.00. The minimum atomic E-state index is -0.442. The number of carbonyl (C=O) groups excluding carboxylic acids is 2. The van der Waals surface area contributed by atoms with Gasteiger partial charge in [-0.1, -0.05) is 37.3 Å². The van der Waals surface area contributed by atoms with Gasteiger partial charge in [-0.2, -0.15) is 0 Å². The van der Waals surface area contributed by atoms with Crippen molar-refractivity contribution < 1.29 is 19.4 Å². The number of carbonyl (C=O) groups is 2. The lowest BCUT2D eigenvalue weighted by atomic mass is 9.97. The van der Waals surface area contributed by atoms with Crippen molar-refractivity contribution in [1.82, 2.24) is 4.98 Å². The zero-order valence-corrected chi connectivity index (χ0v) is 16.9. The molecule has 2 aliphatic carbocycles. The van der Waals surface area contributed by atoms with Crippen LogP contribution in [-0.4, -0.2) is 34.9 Å². The first-order chi connectivity index (χ1) is 14.0. The first kappa shape index (κ1) is 19.9. The molecule has 29 heavy (non-hydrogen) atoms. The summed E-state index contributed by atoms with van der Waals surface area (Å²) in [7, 11) is 1.60. The molecule has 2 aliphatic rings. The minimum absolute atomic E-state index is 0.0376. The number of aliphatic hydroxyl groups is 1. The van der Waals surface area contributed by atoms with Crippen LogP contribution in [0.3, 0.4) is 0 Å². The molecular weight excluding hydrogens is 366 g/mol. The summed E-state index contributed by atoms with van der Waals surface area (Å²) >= 11 is 0. The number of methoxy groups -OCH3 is 1. The Morgan fingerprint density at radius 2 is 1.83 bits per heavy atom. The molecule has 5 atom stereocenters. The van der Waals surface area contributed by atoms with Crippen molar-refractivity contribution in [2.75, 3.05) is 7.11 Å². The van der Waals surface area contributed by atoms with E-state index in [4.69, 9.17) is 4.74 Å². The number of hydrogen-bond donors (Lipinski definition) is 1. The Balaban J connectivity index is 1.62. The van der Waals surface area contributed by atoms with Crippen molar-refractivity contribution >= 4 is 11.6 Å². The Kier molecular flexibility index (Phi) is 5.61. The Hall–Kier alpha value is -2.37. The van der Waals surface area contributed by atoms with E-state index in [1.54, 1.807) is 26.2 Å². The standard InChI is InChI=1S/C24H27NO4/c1-3-22(27)20-9-15(23(28)13-19-17-11-16(26)12-18(17)19)10-21(25-20)24(29-2)14-7-5-4-6-8-14/h4-10,16-19,24,26H,3,11-13H2,1-2H3/t16?,17-,18+,19?,24-/m1/s1. The highest BCUT2D eigenvalue weighted by molar-refractivity contribution is 6.00. The van der Waals surface area contributed by atoms with Crippen molar-refractivity contribution in [3.8, 4) is 0 Å². The molecule has 0 bridgehead atoms. The van der Waals surface area contributed by atoms with E-state index >= 15 is 0 Å². The third kappa shape index (κ3) is 4.02. The molecule has 2 fully saturated rings. The van der Waals surface area contributed by atoms with Crippen molar-refractivity contribution in [1.29, 1.82) is 0 Å². The molecule has 1 N–H and O–H groups in total. The third-order valence-electron chi connectivity index (χ3n) is 6.40. The second-order valence-corrected chi connectivity index (χ2v) is 8.21. The lowest BCUT2D eigenvalue weighted by molar-refractivity contribution is 0.0959. The zero-order valence-electron chi connectivity index (χ0n) is 16.9. The minimum Gasteiger partial charge on any atom is -0.393 e. The van der Waals surface area contributed by atoms with Gasteiger partial charge in [0.1, 0.15) is 11.8 Å². The Morgan fingerprint density at radius 3 is 2.45 bits per heavy atom. The van der Waals surface area contributed by atoms with Gasteiger partial charge in [0.05, 0.1) is 11.8 Å². The molecule has 0 radical (unpaired) electrons. The molecule has 5 nitrogen and oxygen atoms in total. The monoisotopic (exact) mass is 393 g/mol. The van der Waals surface area contributed by atoms with Crippen LogP contribution in [0.25, 0.3) is 0 Å². The van der Waals surface area contributed by atoms with Crippen LogP contribution in [-0.2, 0) is 4.74 Å². The quantitative estimate of drug-likeness (QED) is 0.686. The first-order valence-electron chi connectivity index (χ1n) is 10.4. The summed E-state index contributed by atoms with van der Waals surface area (Å²) in [6, 6.07) is 13.1. The summed E-state index contributed by atoms with van der Waals surface area (Å²) < 4.78 is 5.68. The van der Waals surface area contributed by atoms with Crippen LogP contribution in [0.2, 0.25) is 0 Å². The second kappa shape index (κ2) is 8.17. The second-order valence-electron chi connectivity index (χ2n) is 8.21. The highest BCUT2D eigenvalue weighted by Crippen LogP contribution is 2.59. The van der Waals surface area contributed by atoms with Gasteiger partial charge in [0.15, 0.2) is 11.6 Å². The fourth-order valence-corrected chi connectivity index (χ4v) is 4.81. The zero-order chi connectivity index (χ0) is 20.5. The Labute approximate surface area is 171 Å². The highest BCUT2D eigenvalue weighted by Gasteiger charge is 2.55. The van der Waals surface area contributed by atoms with Crippen LogP contribution in [0.4, 0.5) is 0 Å². The number of ether oxygens (including phenoxy) is 1. The molecule has 1 aromatic carbocycles. The van der Waals surface area contributed by atoms with Gasteiger partial charge in [-0.25, -0.2) is 4.98 Å². The van der Waals surface area contributed by atoms with E-state index in [0.717, 1.165) is 18.4 Å². The van der Waals surface area contributed by atoms with Gasteiger partial charge in [0, 0.05) is 25.5 Å². The number of aliphatic hydroxyl groups excluding tert-OH is 1. The maximum atomic E-state index is 13.0. The van der Waals surface area contributed by atoms with Crippen LogP contribution in [0, 0.1) is 17.8 Å². The van der Waals surface area contributed by atoms with Crippen LogP contribution in [0.1, 0.15) is 70.8 Å². The molecule has 1 aromatic heterocycles. The number of Topliss-reactive ketones (excluding diaryl/α,β-unsaturated/α-hetero) is 2. The van der Waals surface area contributed by atoms with E-state index in [2.05, 4.69) is 4.98 Å². The molecule has 2 saturated carbocycles. The van der Waals surface area contributed by atoms with Crippen molar-refractivity contribution in [3.05, 3.63) is 65.0 Å².